The van der Waals surface area contributed by atoms with Crippen molar-refractivity contribution in [3.63, 3.8) is 0 Å². The molecule has 0 amide bonds. The largest absolute Gasteiger partial charge is 0.387 e. The summed E-state index contributed by atoms with van der Waals surface area (Å²) in [6.07, 6.45) is 7.54. The van der Waals surface area contributed by atoms with E-state index in [2.05, 4.69) is 16.5 Å². The average molecular weight is 226 g/mol. The number of hydrogen-bond donors (Lipinski definition) is 1. The van der Waals surface area contributed by atoms with Crippen LogP contribution in [0.5, 0.6) is 0 Å². The first kappa shape index (κ1) is 11.0. The third-order valence-corrected chi connectivity index (χ3v) is 4.30. The molecule has 1 aromatic rings. The molecule has 3 unspecified atom stereocenters. The minimum atomic E-state index is -0.338. The predicted molar refractivity (Wildman–Crippen MR) is 60.6 cm³/mol. The zero-order valence-electron chi connectivity index (χ0n) is 9.09. The van der Waals surface area contributed by atoms with Crippen molar-refractivity contribution < 1.29 is 5.11 Å². The zero-order valence-corrected chi connectivity index (χ0v) is 9.91. The standard InChI is InChI=1S/C11H18N2OS/c1-2-8-5-3-4-6-9(8)11(14)10-7-12-13-15-10/h7-9,11,14H,2-6H2,1H3. The number of nitrogens with zero attached hydrogens (tertiary/aromatic N) is 2. The van der Waals surface area contributed by atoms with Crippen LogP contribution < -0.4 is 0 Å². The van der Waals surface area contributed by atoms with Crippen LogP contribution in [0.3, 0.4) is 0 Å². The SMILES string of the molecule is CCC1CCCCC1C(O)c1cnns1. The summed E-state index contributed by atoms with van der Waals surface area (Å²) >= 11 is 1.33. The lowest BCUT2D eigenvalue weighted by atomic mass is 9.75. The minimum absolute atomic E-state index is 0.338. The van der Waals surface area contributed by atoms with Gasteiger partial charge in [-0.25, -0.2) is 0 Å². The van der Waals surface area contributed by atoms with E-state index in [1.807, 2.05) is 0 Å². The molecule has 1 aliphatic carbocycles. The molecule has 1 saturated carbocycles. The third-order valence-electron chi connectivity index (χ3n) is 3.57. The number of aliphatic hydroxyl groups excluding tert-OH is 1. The summed E-state index contributed by atoms with van der Waals surface area (Å²) in [6.45, 7) is 2.22. The number of aliphatic hydroxyl groups is 1. The van der Waals surface area contributed by atoms with Crippen LogP contribution in [0.15, 0.2) is 6.20 Å². The van der Waals surface area contributed by atoms with E-state index < -0.39 is 0 Å². The molecule has 1 heterocycles. The van der Waals surface area contributed by atoms with E-state index in [1.165, 1.54) is 37.2 Å². The molecule has 1 fully saturated rings. The highest BCUT2D eigenvalue weighted by atomic mass is 32.1. The molecule has 15 heavy (non-hydrogen) atoms. The fourth-order valence-corrected chi connectivity index (χ4v) is 3.24. The molecule has 0 saturated heterocycles. The Hall–Kier alpha value is -0.480. The normalized spacial score (nSPS) is 28.9. The van der Waals surface area contributed by atoms with Crippen LogP contribution >= 0.6 is 11.5 Å². The highest BCUT2D eigenvalue weighted by molar-refractivity contribution is 7.05. The first-order chi connectivity index (χ1) is 7.33. The average Bonchev–Trinajstić information content (AvgIpc) is 2.81. The molecule has 0 bridgehead atoms. The molecule has 1 aromatic heterocycles. The first-order valence-corrected chi connectivity index (χ1v) is 6.55. The number of hydrogen-bond acceptors (Lipinski definition) is 4. The van der Waals surface area contributed by atoms with E-state index in [9.17, 15) is 5.11 Å². The fraction of sp³-hybridized carbons (Fsp3) is 0.818. The highest BCUT2D eigenvalue weighted by Gasteiger charge is 2.31. The Morgan fingerprint density at radius 2 is 2.33 bits per heavy atom. The lowest BCUT2D eigenvalue weighted by molar-refractivity contribution is 0.0476. The molecule has 84 valence electrons. The van der Waals surface area contributed by atoms with Gasteiger partial charge in [0, 0.05) is 0 Å². The van der Waals surface area contributed by atoms with E-state index in [4.69, 9.17) is 0 Å². The van der Waals surface area contributed by atoms with Gasteiger partial charge in [-0.1, -0.05) is 37.1 Å². The summed E-state index contributed by atoms with van der Waals surface area (Å²) in [4.78, 5) is 0.931. The van der Waals surface area contributed by atoms with Crippen molar-refractivity contribution in [1.29, 1.82) is 0 Å². The summed E-state index contributed by atoms with van der Waals surface area (Å²) in [6, 6.07) is 0. The van der Waals surface area contributed by atoms with E-state index in [-0.39, 0.29) is 6.10 Å². The van der Waals surface area contributed by atoms with Crippen molar-refractivity contribution in [1.82, 2.24) is 9.59 Å². The number of rotatable bonds is 3. The van der Waals surface area contributed by atoms with Crippen molar-refractivity contribution in [2.24, 2.45) is 11.8 Å². The van der Waals surface area contributed by atoms with Crippen molar-refractivity contribution >= 4 is 11.5 Å². The van der Waals surface area contributed by atoms with E-state index in [0.29, 0.717) is 11.8 Å². The molecule has 1 aliphatic rings. The van der Waals surface area contributed by atoms with Crippen LogP contribution in [0, 0.1) is 11.8 Å². The van der Waals surface area contributed by atoms with Crippen LogP contribution in [0.25, 0.3) is 0 Å². The van der Waals surface area contributed by atoms with Crippen LogP contribution in [0.4, 0.5) is 0 Å². The van der Waals surface area contributed by atoms with Crippen molar-refractivity contribution in [3.05, 3.63) is 11.1 Å². The van der Waals surface area contributed by atoms with Gasteiger partial charge in [-0.2, -0.15) is 0 Å². The molecule has 4 heteroatoms. The molecule has 3 atom stereocenters. The summed E-state index contributed by atoms with van der Waals surface area (Å²) in [5, 5.41) is 14.1. The quantitative estimate of drug-likeness (QED) is 0.862. The second kappa shape index (κ2) is 5.03. The maximum absolute atomic E-state index is 10.3. The minimum Gasteiger partial charge on any atom is -0.387 e. The van der Waals surface area contributed by atoms with Gasteiger partial charge < -0.3 is 5.11 Å². The maximum atomic E-state index is 10.3. The fourth-order valence-electron chi connectivity index (χ4n) is 2.67. The lowest BCUT2D eigenvalue weighted by Gasteiger charge is -2.33. The zero-order chi connectivity index (χ0) is 10.7. The summed E-state index contributed by atoms with van der Waals surface area (Å²) in [5.41, 5.74) is 0. The first-order valence-electron chi connectivity index (χ1n) is 5.78. The van der Waals surface area contributed by atoms with Gasteiger partial charge in [0.05, 0.1) is 17.2 Å². The molecule has 0 aliphatic heterocycles. The second-order valence-electron chi connectivity index (χ2n) is 4.38. The molecular formula is C11H18N2OS. The Morgan fingerprint density at radius 1 is 1.53 bits per heavy atom. The molecular weight excluding hydrogens is 208 g/mol. The Morgan fingerprint density at radius 3 is 3.00 bits per heavy atom. The summed E-state index contributed by atoms with van der Waals surface area (Å²) < 4.78 is 3.82. The van der Waals surface area contributed by atoms with Crippen molar-refractivity contribution in [2.75, 3.05) is 0 Å². The number of aromatic nitrogens is 2. The van der Waals surface area contributed by atoms with E-state index in [0.717, 1.165) is 11.3 Å². The third kappa shape index (κ3) is 2.37. The van der Waals surface area contributed by atoms with Crippen molar-refractivity contribution in [2.45, 2.75) is 45.1 Å². The van der Waals surface area contributed by atoms with Crippen molar-refractivity contribution in [3.8, 4) is 0 Å². The monoisotopic (exact) mass is 226 g/mol. The smallest absolute Gasteiger partial charge is 0.0944 e. The topological polar surface area (TPSA) is 46.0 Å². The molecule has 1 N–H and O–H groups in total. The Labute approximate surface area is 94.7 Å². The molecule has 0 spiro atoms. The second-order valence-corrected chi connectivity index (χ2v) is 5.20. The molecule has 2 rings (SSSR count). The van der Waals surface area contributed by atoms with Crippen LogP contribution in [-0.2, 0) is 0 Å². The Balaban J connectivity index is 2.07. The molecule has 3 nitrogen and oxygen atoms in total. The Bertz CT molecular complexity index is 289. The van der Waals surface area contributed by atoms with Gasteiger partial charge in [-0.3, -0.25) is 0 Å². The summed E-state index contributed by atoms with van der Waals surface area (Å²) in [5.74, 6) is 1.10. The molecule has 0 radical (unpaired) electrons. The predicted octanol–water partition coefficient (Wildman–Crippen LogP) is 2.79. The maximum Gasteiger partial charge on any atom is 0.0944 e. The van der Waals surface area contributed by atoms with E-state index >= 15 is 0 Å². The highest BCUT2D eigenvalue weighted by Crippen LogP contribution is 2.40. The van der Waals surface area contributed by atoms with Gasteiger partial charge >= 0.3 is 0 Å². The van der Waals surface area contributed by atoms with Gasteiger partial charge in [0.15, 0.2) is 0 Å². The van der Waals surface area contributed by atoms with Gasteiger partial charge in [0.25, 0.3) is 0 Å². The van der Waals surface area contributed by atoms with Gasteiger partial charge in [-0.05, 0) is 29.8 Å². The van der Waals surface area contributed by atoms with Crippen LogP contribution in [-0.4, -0.2) is 14.7 Å². The molecule has 0 aromatic carbocycles. The van der Waals surface area contributed by atoms with Gasteiger partial charge in [0.1, 0.15) is 0 Å². The lowest BCUT2D eigenvalue weighted by Crippen LogP contribution is -2.24. The Kier molecular flexibility index (Phi) is 3.70. The summed E-state index contributed by atoms with van der Waals surface area (Å²) in [7, 11) is 0. The van der Waals surface area contributed by atoms with E-state index in [1.54, 1.807) is 6.20 Å². The van der Waals surface area contributed by atoms with Crippen LogP contribution in [0.1, 0.15) is 50.0 Å². The van der Waals surface area contributed by atoms with Crippen LogP contribution in [0.2, 0.25) is 0 Å². The van der Waals surface area contributed by atoms with Gasteiger partial charge in [0.2, 0.25) is 0 Å². The van der Waals surface area contributed by atoms with Gasteiger partial charge in [-0.15, -0.1) is 5.10 Å².